The monoisotopic (exact) mass is 354 g/mol. The van der Waals surface area contributed by atoms with E-state index in [0.717, 1.165) is 43.5 Å². The normalized spacial score (nSPS) is 15.6. The second-order valence-corrected chi connectivity index (χ2v) is 8.08. The molecule has 3 aromatic rings. The zero-order valence-electron chi connectivity index (χ0n) is 15.8. The molecule has 0 radical (unpaired) electrons. The number of nitrogens with one attached hydrogen (secondary N) is 1. The number of nitrogens with zero attached hydrogens (tertiary/aromatic N) is 7. The summed E-state index contributed by atoms with van der Waals surface area (Å²) in [5, 5.41) is 21.0. The Morgan fingerprint density at radius 2 is 1.96 bits per heavy atom. The molecule has 0 unspecified atom stereocenters. The van der Waals surface area contributed by atoms with E-state index in [1.54, 1.807) is 0 Å². The van der Waals surface area contributed by atoms with Crippen LogP contribution in [0.5, 0.6) is 0 Å². The van der Waals surface area contributed by atoms with Crippen LogP contribution in [0.1, 0.15) is 32.3 Å². The van der Waals surface area contributed by atoms with Crippen LogP contribution in [0.2, 0.25) is 0 Å². The van der Waals surface area contributed by atoms with Crippen LogP contribution in [0.3, 0.4) is 0 Å². The topological polar surface area (TPSA) is 76.2 Å². The Morgan fingerprint density at radius 1 is 1.15 bits per heavy atom. The number of rotatable bonds is 5. The molecule has 1 fully saturated rings. The molecule has 4 heterocycles. The number of hydrogen-bond donors (Lipinski definition) is 1. The third kappa shape index (κ3) is 3.16. The molecule has 1 saturated heterocycles. The second kappa shape index (κ2) is 6.35. The number of fused-ring (bicyclic) bond motifs is 1. The molecule has 8 nitrogen and oxygen atoms in total. The van der Waals surface area contributed by atoms with Crippen LogP contribution in [0.4, 0.5) is 5.82 Å². The average Bonchev–Trinajstić information content (AvgIpc) is 3.14. The minimum absolute atomic E-state index is 0.0851. The van der Waals surface area contributed by atoms with Crippen molar-refractivity contribution in [3.63, 3.8) is 0 Å². The predicted octanol–water partition coefficient (Wildman–Crippen LogP) is 1.38. The van der Waals surface area contributed by atoms with E-state index in [4.69, 9.17) is 5.10 Å². The van der Waals surface area contributed by atoms with Gasteiger partial charge in [0, 0.05) is 50.8 Å². The Bertz CT molecular complexity index is 897. The van der Waals surface area contributed by atoms with E-state index in [9.17, 15) is 0 Å². The first kappa shape index (κ1) is 17.0. The summed E-state index contributed by atoms with van der Waals surface area (Å²) in [6.07, 6.45) is 1.83. The van der Waals surface area contributed by atoms with E-state index in [-0.39, 0.29) is 5.41 Å². The van der Waals surface area contributed by atoms with Gasteiger partial charge in [0.2, 0.25) is 0 Å². The van der Waals surface area contributed by atoms with Crippen LogP contribution in [0.25, 0.3) is 5.65 Å². The van der Waals surface area contributed by atoms with Gasteiger partial charge in [-0.1, -0.05) is 20.8 Å². The van der Waals surface area contributed by atoms with E-state index in [1.807, 2.05) is 40.6 Å². The molecular weight excluding hydrogens is 328 g/mol. The molecule has 3 aromatic heterocycles. The van der Waals surface area contributed by atoms with Crippen LogP contribution in [-0.2, 0) is 19.0 Å². The summed E-state index contributed by atoms with van der Waals surface area (Å²) < 4.78 is 3.79. The Kier molecular flexibility index (Phi) is 4.14. The highest BCUT2D eigenvalue weighted by atomic mass is 15.4. The van der Waals surface area contributed by atoms with Crippen molar-refractivity contribution in [3.05, 3.63) is 35.9 Å². The summed E-state index contributed by atoms with van der Waals surface area (Å²) in [6, 6.07) is 6.08. The zero-order chi connectivity index (χ0) is 18.3. The van der Waals surface area contributed by atoms with Gasteiger partial charge >= 0.3 is 0 Å². The van der Waals surface area contributed by atoms with Crippen molar-refractivity contribution in [2.24, 2.45) is 13.0 Å². The molecule has 4 rings (SSSR count). The lowest BCUT2D eigenvalue weighted by Crippen LogP contribution is -2.51. The molecule has 0 aliphatic carbocycles. The summed E-state index contributed by atoms with van der Waals surface area (Å²) >= 11 is 0. The summed E-state index contributed by atoms with van der Waals surface area (Å²) in [6.45, 7) is 10.3. The van der Waals surface area contributed by atoms with Gasteiger partial charge in [0.25, 0.3) is 0 Å². The van der Waals surface area contributed by atoms with E-state index in [1.165, 1.54) is 5.69 Å². The van der Waals surface area contributed by atoms with Gasteiger partial charge in [-0.15, -0.1) is 15.3 Å². The fraction of sp³-hybridized carbons (Fsp3) is 0.556. The standard InChI is InChI=1S/C18H26N8/c1-18(2,3)17-22-21-15-5-6-16(23-26(15)17)25-11-13(12-25)9-19-10-14-7-8-20-24(14)4/h5-8,13,19H,9-12H2,1-4H3. The minimum Gasteiger partial charge on any atom is -0.354 e. The highest BCUT2D eigenvalue weighted by Crippen LogP contribution is 2.25. The van der Waals surface area contributed by atoms with Gasteiger partial charge < -0.3 is 10.2 Å². The summed E-state index contributed by atoms with van der Waals surface area (Å²) in [5.74, 6) is 2.53. The first-order valence-corrected chi connectivity index (χ1v) is 9.07. The van der Waals surface area contributed by atoms with Gasteiger partial charge in [-0.2, -0.15) is 9.61 Å². The lowest BCUT2D eigenvalue weighted by molar-refractivity contribution is 0.378. The maximum absolute atomic E-state index is 4.78. The average molecular weight is 354 g/mol. The molecule has 8 heteroatoms. The Hall–Kier alpha value is -2.48. The SMILES string of the molecule is Cn1nccc1CNCC1CN(c2ccc3nnc(C(C)(C)C)n3n2)C1. The van der Waals surface area contributed by atoms with Gasteiger partial charge in [-0.25, -0.2) is 0 Å². The first-order chi connectivity index (χ1) is 12.4. The largest absolute Gasteiger partial charge is 0.354 e. The van der Waals surface area contributed by atoms with Gasteiger partial charge in [-0.05, 0) is 18.2 Å². The van der Waals surface area contributed by atoms with E-state index < -0.39 is 0 Å². The van der Waals surface area contributed by atoms with E-state index >= 15 is 0 Å². The molecule has 0 saturated carbocycles. The molecule has 1 aliphatic rings. The maximum atomic E-state index is 4.78. The van der Waals surface area contributed by atoms with Crippen LogP contribution in [-0.4, -0.2) is 49.2 Å². The maximum Gasteiger partial charge on any atom is 0.178 e. The lowest BCUT2D eigenvalue weighted by atomic mass is 9.96. The third-order valence-corrected chi connectivity index (χ3v) is 4.86. The lowest BCUT2D eigenvalue weighted by Gasteiger charge is -2.40. The van der Waals surface area contributed by atoms with Gasteiger partial charge in [0.1, 0.15) is 5.82 Å². The summed E-state index contributed by atoms with van der Waals surface area (Å²) in [5.41, 5.74) is 1.92. The van der Waals surface area contributed by atoms with Crippen LogP contribution in [0, 0.1) is 5.92 Å². The molecule has 0 bridgehead atoms. The van der Waals surface area contributed by atoms with Crippen LogP contribution < -0.4 is 10.2 Å². The fourth-order valence-electron chi connectivity index (χ4n) is 3.28. The van der Waals surface area contributed by atoms with Crippen molar-refractivity contribution in [1.29, 1.82) is 0 Å². The smallest absolute Gasteiger partial charge is 0.178 e. The van der Waals surface area contributed by atoms with Crippen molar-refractivity contribution < 1.29 is 0 Å². The quantitative estimate of drug-likeness (QED) is 0.746. The van der Waals surface area contributed by atoms with Crippen molar-refractivity contribution in [3.8, 4) is 0 Å². The van der Waals surface area contributed by atoms with Crippen molar-refractivity contribution >= 4 is 11.5 Å². The highest BCUT2D eigenvalue weighted by Gasteiger charge is 2.29. The summed E-state index contributed by atoms with van der Waals surface area (Å²) in [4.78, 5) is 2.31. The predicted molar refractivity (Wildman–Crippen MR) is 100 cm³/mol. The number of aryl methyl sites for hydroxylation is 1. The van der Waals surface area contributed by atoms with Gasteiger partial charge in [0.05, 0.1) is 5.69 Å². The Balaban J connectivity index is 1.36. The molecule has 1 aliphatic heterocycles. The zero-order valence-corrected chi connectivity index (χ0v) is 15.8. The van der Waals surface area contributed by atoms with Gasteiger partial charge in [0.15, 0.2) is 11.5 Å². The fourth-order valence-corrected chi connectivity index (χ4v) is 3.28. The Labute approximate surface area is 153 Å². The number of hydrogen-bond acceptors (Lipinski definition) is 6. The van der Waals surface area contributed by atoms with Gasteiger partial charge in [-0.3, -0.25) is 4.68 Å². The van der Waals surface area contributed by atoms with Crippen molar-refractivity contribution in [1.82, 2.24) is 34.9 Å². The van der Waals surface area contributed by atoms with Crippen LogP contribution in [0.15, 0.2) is 24.4 Å². The van der Waals surface area contributed by atoms with E-state index in [0.29, 0.717) is 5.92 Å². The first-order valence-electron chi connectivity index (χ1n) is 9.07. The highest BCUT2D eigenvalue weighted by molar-refractivity contribution is 5.47. The van der Waals surface area contributed by atoms with Crippen molar-refractivity contribution in [2.75, 3.05) is 24.5 Å². The van der Waals surface area contributed by atoms with Crippen molar-refractivity contribution in [2.45, 2.75) is 32.7 Å². The number of anilines is 1. The Morgan fingerprint density at radius 3 is 2.65 bits per heavy atom. The van der Waals surface area contributed by atoms with Crippen LogP contribution >= 0.6 is 0 Å². The minimum atomic E-state index is -0.0851. The second-order valence-electron chi connectivity index (χ2n) is 8.08. The molecular formula is C18H26N8. The number of aromatic nitrogens is 6. The van der Waals surface area contributed by atoms with E-state index in [2.05, 4.69) is 46.3 Å². The summed E-state index contributed by atoms with van der Waals surface area (Å²) in [7, 11) is 1.97. The molecule has 1 N–H and O–H groups in total. The molecule has 0 aromatic carbocycles. The molecule has 138 valence electrons. The molecule has 0 amide bonds. The molecule has 0 spiro atoms. The third-order valence-electron chi connectivity index (χ3n) is 4.86. The molecule has 26 heavy (non-hydrogen) atoms. The molecule has 0 atom stereocenters.